The van der Waals surface area contributed by atoms with Crippen molar-refractivity contribution in [1.82, 2.24) is 0 Å². The lowest BCUT2D eigenvalue weighted by molar-refractivity contribution is -0.149. The summed E-state index contributed by atoms with van der Waals surface area (Å²) in [6.45, 7) is 4.14. The Kier molecular flexibility index (Phi) is 8.62. The van der Waals surface area contributed by atoms with E-state index in [2.05, 4.69) is 0 Å². The molecule has 6 nitrogen and oxygen atoms in total. The first-order chi connectivity index (χ1) is 18.6. The fourth-order valence-corrected chi connectivity index (χ4v) is 4.37. The van der Waals surface area contributed by atoms with E-state index in [0.717, 1.165) is 17.4 Å². The molecule has 4 rings (SSSR count). The largest absolute Gasteiger partial charge is 0.489 e. The van der Waals surface area contributed by atoms with E-state index < -0.39 is 23.8 Å². The number of benzene rings is 3. The van der Waals surface area contributed by atoms with Crippen molar-refractivity contribution in [3.8, 4) is 16.9 Å². The van der Waals surface area contributed by atoms with Crippen molar-refractivity contribution in [3.63, 3.8) is 0 Å². The molecule has 1 heterocycles. The van der Waals surface area contributed by atoms with Crippen LogP contribution in [0.25, 0.3) is 22.1 Å². The summed E-state index contributed by atoms with van der Waals surface area (Å²) < 4.78 is 63.2. The lowest BCUT2D eigenvalue weighted by Crippen LogP contribution is -2.21. The van der Waals surface area contributed by atoms with Crippen LogP contribution in [-0.2, 0) is 40.0 Å². The van der Waals surface area contributed by atoms with E-state index in [1.165, 1.54) is 13.2 Å². The summed E-state index contributed by atoms with van der Waals surface area (Å²) in [6.07, 6.45) is -4.29. The van der Waals surface area contributed by atoms with E-state index in [1.807, 2.05) is 25.1 Å². The summed E-state index contributed by atoms with van der Waals surface area (Å²) in [5.74, 6) is 0.00585. The van der Waals surface area contributed by atoms with E-state index in [1.54, 1.807) is 37.3 Å². The molecule has 3 aromatic carbocycles. The molecule has 0 bridgehead atoms. The highest BCUT2D eigenvalue weighted by molar-refractivity contribution is 5.95. The molecule has 39 heavy (non-hydrogen) atoms. The summed E-state index contributed by atoms with van der Waals surface area (Å²) >= 11 is 0. The van der Waals surface area contributed by atoms with Crippen LogP contribution in [0.15, 0.2) is 65.3 Å². The molecule has 0 radical (unpaired) electrons. The van der Waals surface area contributed by atoms with Crippen LogP contribution in [0.5, 0.6) is 5.75 Å². The number of carbonyl (C=O) groups is 1. The molecule has 0 saturated heterocycles. The second-order valence-corrected chi connectivity index (χ2v) is 9.40. The van der Waals surface area contributed by atoms with Gasteiger partial charge in [-0.3, -0.25) is 4.79 Å². The maximum absolute atomic E-state index is 13.8. The number of rotatable bonds is 10. The van der Waals surface area contributed by atoms with E-state index in [4.69, 9.17) is 24.4 Å². The first kappa shape index (κ1) is 28.2. The smallest absolute Gasteiger partial charge is 0.420 e. The fourth-order valence-electron chi connectivity index (χ4n) is 4.37. The van der Waals surface area contributed by atoms with Gasteiger partial charge >= 0.3 is 12.1 Å². The first-order valence-corrected chi connectivity index (χ1v) is 12.4. The molecular formula is C30H30F3NO5. The third kappa shape index (κ3) is 6.79. The molecule has 0 aliphatic rings. The number of methoxy groups -OCH3 is 1. The van der Waals surface area contributed by atoms with Crippen LogP contribution in [0.1, 0.15) is 34.7 Å². The third-order valence-corrected chi connectivity index (χ3v) is 6.20. The zero-order valence-corrected chi connectivity index (χ0v) is 21.9. The van der Waals surface area contributed by atoms with Gasteiger partial charge in [0.15, 0.2) is 0 Å². The minimum Gasteiger partial charge on any atom is -0.489 e. The van der Waals surface area contributed by atoms with Gasteiger partial charge in [0, 0.05) is 30.2 Å². The number of hydrogen-bond donors (Lipinski definition) is 1. The summed E-state index contributed by atoms with van der Waals surface area (Å²) in [6, 6.07) is 15.8. The average molecular weight is 542 g/mol. The minimum atomic E-state index is -4.59. The van der Waals surface area contributed by atoms with Crippen molar-refractivity contribution < 1.29 is 36.6 Å². The Morgan fingerprint density at radius 1 is 1.08 bits per heavy atom. The Labute approximate surface area is 224 Å². The van der Waals surface area contributed by atoms with Crippen LogP contribution in [0.4, 0.5) is 13.2 Å². The molecule has 206 valence electrons. The SMILES string of the molecule is COCC(C)OC(=O)Cc1ccc(C)cc1OCc1cc(-c2cccc(CN)c2)c2occ(C(F)(F)F)c2c1. The van der Waals surface area contributed by atoms with Gasteiger partial charge in [-0.25, -0.2) is 0 Å². The van der Waals surface area contributed by atoms with Gasteiger partial charge < -0.3 is 24.4 Å². The van der Waals surface area contributed by atoms with E-state index >= 15 is 0 Å². The lowest BCUT2D eigenvalue weighted by atomic mass is 9.97. The number of esters is 1. The summed E-state index contributed by atoms with van der Waals surface area (Å²) in [5, 5.41) is -0.0584. The number of alkyl halides is 3. The van der Waals surface area contributed by atoms with Gasteiger partial charge in [0.2, 0.25) is 0 Å². The van der Waals surface area contributed by atoms with Crippen molar-refractivity contribution in [3.05, 3.63) is 88.7 Å². The molecule has 1 atom stereocenters. The van der Waals surface area contributed by atoms with Gasteiger partial charge in [-0.05, 0) is 60.4 Å². The number of aryl methyl sites for hydroxylation is 1. The van der Waals surface area contributed by atoms with Crippen LogP contribution in [-0.4, -0.2) is 25.8 Å². The van der Waals surface area contributed by atoms with E-state index in [9.17, 15) is 18.0 Å². The highest BCUT2D eigenvalue weighted by atomic mass is 19.4. The number of furan rings is 1. The van der Waals surface area contributed by atoms with Gasteiger partial charge in [-0.15, -0.1) is 0 Å². The van der Waals surface area contributed by atoms with E-state index in [0.29, 0.717) is 28.0 Å². The Balaban J connectivity index is 1.68. The maximum Gasteiger partial charge on any atom is 0.420 e. The Bertz CT molecular complexity index is 1460. The topological polar surface area (TPSA) is 83.9 Å². The van der Waals surface area contributed by atoms with Gasteiger partial charge in [0.05, 0.1) is 13.0 Å². The molecule has 0 amide bonds. The third-order valence-electron chi connectivity index (χ3n) is 6.20. The van der Waals surface area contributed by atoms with Crippen molar-refractivity contribution in [2.45, 2.75) is 45.7 Å². The molecule has 1 unspecified atom stereocenters. The predicted octanol–water partition coefficient (Wildman–Crippen LogP) is 6.59. The molecule has 0 aliphatic carbocycles. The Morgan fingerprint density at radius 2 is 1.87 bits per heavy atom. The summed E-state index contributed by atoms with van der Waals surface area (Å²) in [4.78, 5) is 12.5. The molecule has 1 aromatic heterocycles. The van der Waals surface area contributed by atoms with Crippen LogP contribution in [0.2, 0.25) is 0 Å². The zero-order valence-electron chi connectivity index (χ0n) is 21.9. The predicted molar refractivity (Wildman–Crippen MR) is 141 cm³/mol. The maximum atomic E-state index is 13.8. The molecule has 0 aliphatic heterocycles. The van der Waals surface area contributed by atoms with E-state index in [-0.39, 0.29) is 37.1 Å². The minimum absolute atomic E-state index is 0.0280. The molecule has 4 aromatic rings. The number of ether oxygens (including phenoxy) is 3. The van der Waals surface area contributed by atoms with Crippen molar-refractivity contribution in [2.75, 3.05) is 13.7 Å². The second-order valence-electron chi connectivity index (χ2n) is 9.40. The van der Waals surface area contributed by atoms with Crippen LogP contribution < -0.4 is 10.5 Å². The van der Waals surface area contributed by atoms with Crippen LogP contribution >= 0.6 is 0 Å². The van der Waals surface area contributed by atoms with Crippen LogP contribution in [0.3, 0.4) is 0 Å². The van der Waals surface area contributed by atoms with Gasteiger partial charge in [0.25, 0.3) is 0 Å². The summed E-state index contributed by atoms with van der Waals surface area (Å²) in [7, 11) is 1.52. The fraction of sp³-hybridized carbons (Fsp3) is 0.300. The molecule has 0 fully saturated rings. The molecule has 0 saturated carbocycles. The monoisotopic (exact) mass is 541 g/mol. The van der Waals surface area contributed by atoms with Crippen molar-refractivity contribution in [1.29, 1.82) is 0 Å². The number of halogens is 3. The molecule has 9 heteroatoms. The first-order valence-electron chi connectivity index (χ1n) is 12.4. The number of hydrogen-bond acceptors (Lipinski definition) is 6. The molecule has 2 N–H and O–H groups in total. The molecular weight excluding hydrogens is 511 g/mol. The van der Waals surface area contributed by atoms with Gasteiger partial charge in [0.1, 0.15) is 35.9 Å². The summed E-state index contributed by atoms with van der Waals surface area (Å²) in [5.41, 5.74) is 9.07. The Hall–Kier alpha value is -3.82. The highest BCUT2D eigenvalue weighted by Crippen LogP contribution is 2.40. The lowest BCUT2D eigenvalue weighted by Gasteiger charge is -2.15. The van der Waals surface area contributed by atoms with Crippen molar-refractivity contribution in [2.24, 2.45) is 5.73 Å². The number of fused-ring (bicyclic) bond motifs is 1. The second kappa shape index (κ2) is 11.9. The normalized spacial score (nSPS) is 12.5. The number of carbonyl (C=O) groups excluding carboxylic acids is 1. The quantitative estimate of drug-likeness (QED) is 0.228. The zero-order chi connectivity index (χ0) is 28.2. The average Bonchev–Trinajstić information content (AvgIpc) is 3.33. The highest BCUT2D eigenvalue weighted by Gasteiger charge is 2.35. The van der Waals surface area contributed by atoms with Gasteiger partial charge in [-0.2, -0.15) is 13.2 Å². The Morgan fingerprint density at radius 3 is 2.59 bits per heavy atom. The van der Waals surface area contributed by atoms with Crippen molar-refractivity contribution >= 4 is 16.9 Å². The van der Waals surface area contributed by atoms with Gasteiger partial charge in [-0.1, -0.05) is 30.3 Å². The standard InChI is InChI=1S/C30H30F3NO5/c1-18-7-8-23(13-28(35)39-19(2)15-36-3)27(9-18)37-16-21-11-24(22-6-4-5-20(10-22)14-34)29-25(12-21)26(17-38-29)30(31,32)33/h4-12,17,19H,13-16,34H2,1-3H3. The van der Waals surface area contributed by atoms with Crippen LogP contribution in [0, 0.1) is 6.92 Å². The number of nitrogens with two attached hydrogens (primary N) is 1. The molecule has 0 spiro atoms.